The summed E-state index contributed by atoms with van der Waals surface area (Å²) >= 11 is 0. The fourth-order valence-electron chi connectivity index (χ4n) is 2.00. The van der Waals surface area contributed by atoms with Crippen LogP contribution in [0.3, 0.4) is 0 Å². The molecule has 2 rings (SSSR count). The van der Waals surface area contributed by atoms with E-state index >= 15 is 0 Å². The Morgan fingerprint density at radius 3 is 2.86 bits per heavy atom. The molecule has 0 aliphatic carbocycles. The smallest absolute Gasteiger partial charge is 0.329 e. The predicted molar refractivity (Wildman–Crippen MR) is 79.8 cm³/mol. The van der Waals surface area contributed by atoms with E-state index < -0.39 is 4.92 Å². The van der Waals surface area contributed by atoms with Crippen LogP contribution in [-0.2, 0) is 6.54 Å². The van der Waals surface area contributed by atoms with Gasteiger partial charge in [0.1, 0.15) is 6.20 Å². The number of hydrogen-bond donors (Lipinski definition) is 2. The Bertz CT molecular complexity index is 661. The number of aryl methyl sites for hydroxylation is 1. The first-order chi connectivity index (χ1) is 10.0. The second-order valence-electron chi connectivity index (χ2n) is 4.65. The average molecular weight is 288 g/mol. The van der Waals surface area contributed by atoms with Gasteiger partial charge in [-0.25, -0.2) is 10.8 Å². The van der Waals surface area contributed by atoms with Crippen molar-refractivity contribution < 1.29 is 4.92 Å². The standard InChI is InChI=1S/C13H16N6O2/c1-9-4-3-5-10(6-9)8-18(2)12-11(19(20)21)7-15-13(16-12)17-14/h3-7H,8,14H2,1-2H3,(H,15,16,17). The lowest BCUT2D eigenvalue weighted by molar-refractivity contribution is -0.384. The van der Waals surface area contributed by atoms with Crippen molar-refractivity contribution in [3.05, 3.63) is 51.7 Å². The predicted octanol–water partition coefficient (Wildman–Crippen LogP) is 1.62. The Hall–Kier alpha value is -2.74. The molecule has 0 spiro atoms. The normalized spacial score (nSPS) is 10.2. The summed E-state index contributed by atoms with van der Waals surface area (Å²) in [7, 11) is 1.73. The fourth-order valence-corrected chi connectivity index (χ4v) is 2.00. The van der Waals surface area contributed by atoms with Gasteiger partial charge in [-0.15, -0.1) is 0 Å². The summed E-state index contributed by atoms with van der Waals surface area (Å²) in [6.07, 6.45) is 1.14. The van der Waals surface area contributed by atoms with E-state index in [1.807, 2.05) is 31.2 Å². The number of hydrazine groups is 1. The van der Waals surface area contributed by atoms with Crippen LogP contribution in [0.2, 0.25) is 0 Å². The first-order valence-corrected chi connectivity index (χ1v) is 6.26. The van der Waals surface area contributed by atoms with Crippen molar-refractivity contribution >= 4 is 17.5 Å². The van der Waals surface area contributed by atoms with Crippen LogP contribution in [0, 0.1) is 17.0 Å². The number of nitro groups is 1. The zero-order valence-electron chi connectivity index (χ0n) is 11.8. The number of nitrogens with two attached hydrogens (primary N) is 1. The number of nitrogens with one attached hydrogen (secondary N) is 1. The summed E-state index contributed by atoms with van der Waals surface area (Å²) in [4.78, 5) is 20.1. The number of benzene rings is 1. The molecule has 8 nitrogen and oxygen atoms in total. The number of hydrogen-bond acceptors (Lipinski definition) is 7. The zero-order chi connectivity index (χ0) is 15.4. The van der Waals surface area contributed by atoms with Gasteiger partial charge in [0.2, 0.25) is 11.8 Å². The van der Waals surface area contributed by atoms with Crippen molar-refractivity contribution in [1.82, 2.24) is 9.97 Å². The Balaban J connectivity index is 2.33. The minimum atomic E-state index is -0.512. The molecule has 0 saturated carbocycles. The molecule has 0 amide bonds. The lowest BCUT2D eigenvalue weighted by Gasteiger charge is -2.18. The first kappa shape index (κ1) is 14.7. The topological polar surface area (TPSA) is 110 Å². The highest BCUT2D eigenvalue weighted by atomic mass is 16.6. The van der Waals surface area contributed by atoms with Crippen molar-refractivity contribution in [2.75, 3.05) is 17.4 Å². The Labute approximate surface area is 121 Å². The van der Waals surface area contributed by atoms with Crippen LogP contribution in [0.5, 0.6) is 0 Å². The maximum Gasteiger partial charge on any atom is 0.329 e. The van der Waals surface area contributed by atoms with Gasteiger partial charge in [0.25, 0.3) is 0 Å². The highest BCUT2D eigenvalue weighted by molar-refractivity contribution is 5.58. The molecule has 0 aliphatic heterocycles. The zero-order valence-corrected chi connectivity index (χ0v) is 11.8. The minimum absolute atomic E-state index is 0.131. The van der Waals surface area contributed by atoms with E-state index in [4.69, 9.17) is 5.84 Å². The van der Waals surface area contributed by atoms with Crippen LogP contribution in [-0.4, -0.2) is 21.9 Å². The molecule has 110 valence electrons. The van der Waals surface area contributed by atoms with Crippen molar-refractivity contribution in [3.8, 4) is 0 Å². The van der Waals surface area contributed by atoms with E-state index in [0.29, 0.717) is 6.54 Å². The third-order valence-corrected chi connectivity index (χ3v) is 2.94. The van der Waals surface area contributed by atoms with Crippen LogP contribution in [0.1, 0.15) is 11.1 Å². The Kier molecular flexibility index (Phi) is 4.29. The average Bonchev–Trinajstić information content (AvgIpc) is 2.46. The van der Waals surface area contributed by atoms with Gasteiger partial charge in [0, 0.05) is 13.6 Å². The van der Waals surface area contributed by atoms with Gasteiger partial charge in [0.15, 0.2) is 0 Å². The van der Waals surface area contributed by atoms with E-state index in [1.165, 1.54) is 0 Å². The minimum Gasteiger partial charge on any atom is -0.349 e. The van der Waals surface area contributed by atoms with E-state index in [2.05, 4.69) is 15.4 Å². The van der Waals surface area contributed by atoms with Crippen molar-refractivity contribution in [2.24, 2.45) is 5.84 Å². The molecular weight excluding hydrogens is 272 g/mol. The van der Waals surface area contributed by atoms with Crippen molar-refractivity contribution in [3.63, 3.8) is 0 Å². The Morgan fingerprint density at radius 1 is 1.48 bits per heavy atom. The first-order valence-electron chi connectivity index (χ1n) is 6.26. The van der Waals surface area contributed by atoms with E-state index in [1.54, 1.807) is 11.9 Å². The number of nitrogens with zero attached hydrogens (tertiary/aromatic N) is 4. The van der Waals surface area contributed by atoms with Crippen LogP contribution >= 0.6 is 0 Å². The maximum atomic E-state index is 11.1. The molecule has 1 heterocycles. The van der Waals surface area contributed by atoms with Gasteiger partial charge in [-0.1, -0.05) is 29.8 Å². The van der Waals surface area contributed by atoms with Gasteiger partial charge in [0.05, 0.1) is 4.92 Å². The molecule has 0 bridgehead atoms. The third-order valence-electron chi connectivity index (χ3n) is 2.94. The highest BCUT2D eigenvalue weighted by Crippen LogP contribution is 2.26. The number of rotatable bonds is 5. The highest BCUT2D eigenvalue weighted by Gasteiger charge is 2.20. The lowest BCUT2D eigenvalue weighted by Crippen LogP contribution is -2.21. The van der Waals surface area contributed by atoms with E-state index in [0.717, 1.165) is 17.3 Å². The maximum absolute atomic E-state index is 11.1. The van der Waals surface area contributed by atoms with Crippen molar-refractivity contribution in [1.29, 1.82) is 0 Å². The molecule has 0 radical (unpaired) electrons. The molecule has 8 heteroatoms. The molecule has 1 aromatic heterocycles. The quantitative estimate of drug-likeness (QED) is 0.488. The monoisotopic (exact) mass is 288 g/mol. The Morgan fingerprint density at radius 2 is 2.24 bits per heavy atom. The van der Waals surface area contributed by atoms with Crippen LogP contribution < -0.4 is 16.2 Å². The van der Waals surface area contributed by atoms with E-state index in [9.17, 15) is 10.1 Å². The van der Waals surface area contributed by atoms with Crippen LogP contribution in [0.25, 0.3) is 0 Å². The SMILES string of the molecule is Cc1cccc(CN(C)c2nc(NN)ncc2[N+](=O)[O-])c1. The largest absolute Gasteiger partial charge is 0.349 e. The number of aromatic nitrogens is 2. The summed E-state index contributed by atoms with van der Waals surface area (Å²) in [5.41, 5.74) is 4.29. The van der Waals surface area contributed by atoms with Gasteiger partial charge in [-0.2, -0.15) is 4.98 Å². The van der Waals surface area contributed by atoms with Crippen LogP contribution in [0.15, 0.2) is 30.5 Å². The summed E-state index contributed by atoms with van der Waals surface area (Å²) < 4.78 is 0. The summed E-state index contributed by atoms with van der Waals surface area (Å²) in [6, 6.07) is 7.91. The second kappa shape index (κ2) is 6.14. The van der Waals surface area contributed by atoms with Crippen molar-refractivity contribution in [2.45, 2.75) is 13.5 Å². The molecule has 0 saturated heterocycles. The molecular formula is C13H16N6O2. The molecule has 0 unspecified atom stereocenters. The fraction of sp³-hybridized carbons (Fsp3) is 0.231. The van der Waals surface area contributed by atoms with Gasteiger partial charge >= 0.3 is 5.69 Å². The number of nitrogen functional groups attached to an aromatic ring is 1. The lowest BCUT2D eigenvalue weighted by atomic mass is 10.1. The molecule has 3 N–H and O–H groups in total. The summed E-state index contributed by atoms with van der Waals surface area (Å²) in [6.45, 7) is 2.48. The molecule has 0 fully saturated rings. The van der Waals surface area contributed by atoms with Crippen LogP contribution in [0.4, 0.5) is 17.5 Å². The molecule has 0 atom stereocenters. The number of anilines is 2. The molecule has 0 aliphatic rings. The van der Waals surface area contributed by atoms with Gasteiger partial charge in [-0.05, 0) is 12.5 Å². The summed E-state index contributed by atoms with van der Waals surface area (Å²) in [5.74, 6) is 5.60. The van der Waals surface area contributed by atoms with Gasteiger partial charge in [-0.3, -0.25) is 15.5 Å². The summed E-state index contributed by atoms with van der Waals surface area (Å²) in [5, 5.41) is 11.1. The second-order valence-corrected chi connectivity index (χ2v) is 4.65. The molecule has 1 aromatic carbocycles. The third kappa shape index (κ3) is 3.42. The molecule has 2 aromatic rings. The molecule has 21 heavy (non-hydrogen) atoms. The van der Waals surface area contributed by atoms with Gasteiger partial charge < -0.3 is 4.90 Å². The van der Waals surface area contributed by atoms with E-state index in [-0.39, 0.29) is 17.5 Å².